The Morgan fingerprint density at radius 3 is 2.90 bits per heavy atom. The molecule has 0 unspecified atom stereocenters. The molecule has 0 saturated carbocycles. The van der Waals surface area contributed by atoms with Crippen molar-refractivity contribution in [3.63, 3.8) is 0 Å². The Morgan fingerprint density at radius 2 is 2.20 bits per heavy atom. The summed E-state index contributed by atoms with van der Waals surface area (Å²) in [6, 6.07) is 6.24. The zero-order valence-corrected chi connectivity index (χ0v) is 11.6. The molecule has 1 heterocycles. The van der Waals surface area contributed by atoms with Crippen molar-refractivity contribution in [2.75, 3.05) is 19.7 Å². The molecule has 1 N–H and O–H groups in total. The highest BCUT2D eigenvalue weighted by molar-refractivity contribution is 5.56. The molecular formula is C15H19FN2O2. The van der Waals surface area contributed by atoms with Crippen molar-refractivity contribution in [3.8, 4) is 11.3 Å². The second-order valence-corrected chi connectivity index (χ2v) is 4.63. The highest BCUT2D eigenvalue weighted by Gasteiger charge is 2.11. The summed E-state index contributed by atoms with van der Waals surface area (Å²) >= 11 is 0. The normalized spacial score (nSPS) is 11.2. The molecule has 0 saturated heterocycles. The minimum absolute atomic E-state index is 0.109. The van der Waals surface area contributed by atoms with Gasteiger partial charge in [-0.25, -0.2) is 9.37 Å². The van der Waals surface area contributed by atoms with Gasteiger partial charge in [0.1, 0.15) is 5.82 Å². The van der Waals surface area contributed by atoms with E-state index in [1.165, 1.54) is 12.1 Å². The van der Waals surface area contributed by atoms with Gasteiger partial charge < -0.3 is 9.52 Å². The third-order valence-corrected chi connectivity index (χ3v) is 2.98. The first-order valence-corrected chi connectivity index (χ1v) is 6.76. The molecule has 0 radical (unpaired) electrons. The second kappa shape index (κ2) is 7.17. The molecular weight excluding hydrogens is 259 g/mol. The summed E-state index contributed by atoms with van der Waals surface area (Å²) in [5.41, 5.74) is 0.674. The lowest BCUT2D eigenvalue weighted by Crippen LogP contribution is -2.27. The Kier molecular flexibility index (Phi) is 5.26. The van der Waals surface area contributed by atoms with Gasteiger partial charge in [-0.15, -0.1) is 0 Å². The molecule has 20 heavy (non-hydrogen) atoms. The average molecular weight is 278 g/mol. The zero-order chi connectivity index (χ0) is 14.4. The summed E-state index contributed by atoms with van der Waals surface area (Å²) in [5, 5.41) is 9.02. The Labute approximate surface area is 117 Å². The summed E-state index contributed by atoms with van der Waals surface area (Å²) in [6.07, 6.45) is 2.60. The van der Waals surface area contributed by atoms with E-state index in [2.05, 4.69) is 16.8 Å². The number of aromatic nitrogens is 1. The van der Waals surface area contributed by atoms with Crippen LogP contribution >= 0.6 is 0 Å². The zero-order valence-electron chi connectivity index (χ0n) is 11.6. The minimum Gasteiger partial charge on any atom is -0.439 e. The molecule has 0 aliphatic carbocycles. The van der Waals surface area contributed by atoms with E-state index in [0.29, 0.717) is 30.3 Å². The number of nitrogens with zero attached hydrogens (tertiary/aromatic N) is 2. The smallest absolute Gasteiger partial charge is 0.209 e. The number of aliphatic hydroxyl groups is 1. The molecule has 0 amide bonds. The number of aliphatic hydroxyl groups excluding tert-OH is 1. The second-order valence-electron chi connectivity index (χ2n) is 4.63. The van der Waals surface area contributed by atoms with Crippen LogP contribution in [0.2, 0.25) is 0 Å². The van der Waals surface area contributed by atoms with Crippen LogP contribution in [-0.4, -0.2) is 34.7 Å². The molecule has 1 aromatic heterocycles. The number of hydrogen-bond acceptors (Lipinski definition) is 4. The summed E-state index contributed by atoms with van der Waals surface area (Å²) in [6.45, 7) is 4.20. The van der Waals surface area contributed by atoms with E-state index in [-0.39, 0.29) is 12.4 Å². The van der Waals surface area contributed by atoms with Crippen LogP contribution in [0.4, 0.5) is 4.39 Å². The van der Waals surface area contributed by atoms with Gasteiger partial charge in [-0.1, -0.05) is 19.1 Å². The van der Waals surface area contributed by atoms with Gasteiger partial charge in [0.05, 0.1) is 19.3 Å². The fraction of sp³-hybridized carbons (Fsp3) is 0.400. The molecule has 0 fully saturated rings. The molecule has 0 spiro atoms. The lowest BCUT2D eigenvalue weighted by molar-refractivity contribution is 0.179. The molecule has 0 aliphatic rings. The van der Waals surface area contributed by atoms with Gasteiger partial charge >= 0.3 is 0 Å². The van der Waals surface area contributed by atoms with Crippen molar-refractivity contribution in [1.82, 2.24) is 9.88 Å². The quantitative estimate of drug-likeness (QED) is 0.846. The number of rotatable bonds is 7. The summed E-state index contributed by atoms with van der Waals surface area (Å²) in [7, 11) is 0. The minimum atomic E-state index is -0.298. The Balaban J connectivity index is 2.08. The van der Waals surface area contributed by atoms with E-state index in [0.717, 1.165) is 13.0 Å². The maximum atomic E-state index is 13.2. The van der Waals surface area contributed by atoms with Gasteiger partial charge in [0.25, 0.3) is 0 Å². The topological polar surface area (TPSA) is 49.5 Å². The maximum Gasteiger partial charge on any atom is 0.209 e. The fourth-order valence-electron chi connectivity index (χ4n) is 2.08. The van der Waals surface area contributed by atoms with Crippen molar-refractivity contribution in [2.45, 2.75) is 19.9 Å². The van der Waals surface area contributed by atoms with E-state index in [9.17, 15) is 4.39 Å². The first-order valence-electron chi connectivity index (χ1n) is 6.76. The molecule has 0 aliphatic heterocycles. The van der Waals surface area contributed by atoms with E-state index in [1.54, 1.807) is 18.3 Å². The van der Waals surface area contributed by atoms with E-state index in [4.69, 9.17) is 9.52 Å². The van der Waals surface area contributed by atoms with Crippen molar-refractivity contribution in [3.05, 3.63) is 42.2 Å². The molecule has 2 rings (SSSR count). The van der Waals surface area contributed by atoms with Crippen LogP contribution in [0, 0.1) is 5.82 Å². The number of oxazole rings is 1. The standard InChI is InChI=1S/C15H19FN2O2/c1-2-6-18(7-8-19)11-15-17-10-14(20-15)12-4-3-5-13(16)9-12/h3-5,9-10,19H,2,6-8,11H2,1H3. The Bertz CT molecular complexity index is 536. The summed E-state index contributed by atoms with van der Waals surface area (Å²) in [5.74, 6) is 0.833. The van der Waals surface area contributed by atoms with E-state index < -0.39 is 0 Å². The van der Waals surface area contributed by atoms with Crippen LogP contribution in [0.5, 0.6) is 0 Å². The highest BCUT2D eigenvalue weighted by atomic mass is 19.1. The molecule has 0 atom stereocenters. The maximum absolute atomic E-state index is 13.2. The van der Waals surface area contributed by atoms with Gasteiger partial charge in [-0.05, 0) is 25.1 Å². The van der Waals surface area contributed by atoms with Crippen LogP contribution in [0.1, 0.15) is 19.2 Å². The number of benzene rings is 1. The van der Waals surface area contributed by atoms with Crippen LogP contribution < -0.4 is 0 Å². The molecule has 4 nitrogen and oxygen atoms in total. The number of halogens is 1. The van der Waals surface area contributed by atoms with Gasteiger partial charge in [-0.2, -0.15) is 0 Å². The van der Waals surface area contributed by atoms with Gasteiger partial charge in [0, 0.05) is 12.1 Å². The third-order valence-electron chi connectivity index (χ3n) is 2.98. The van der Waals surface area contributed by atoms with Gasteiger partial charge in [0.15, 0.2) is 5.76 Å². The van der Waals surface area contributed by atoms with Crippen molar-refractivity contribution in [2.24, 2.45) is 0 Å². The Hall–Kier alpha value is -1.72. The molecule has 5 heteroatoms. The van der Waals surface area contributed by atoms with Crippen LogP contribution in [0.15, 0.2) is 34.9 Å². The van der Waals surface area contributed by atoms with Crippen LogP contribution in [0.25, 0.3) is 11.3 Å². The van der Waals surface area contributed by atoms with Crippen molar-refractivity contribution >= 4 is 0 Å². The van der Waals surface area contributed by atoms with Crippen molar-refractivity contribution in [1.29, 1.82) is 0 Å². The van der Waals surface area contributed by atoms with E-state index >= 15 is 0 Å². The molecule has 108 valence electrons. The molecule has 1 aromatic carbocycles. The molecule has 0 bridgehead atoms. The SMILES string of the molecule is CCCN(CCO)Cc1ncc(-c2cccc(F)c2)o1. The summed E-state index contributed by atoms with van der Waals surface area (Å²) < 4.78 is 18.8. The average Bonchev–Trinajstić information content (AvgIpc) is 2.88. The predicted molar refractivity (Wildman–Crippen MR) is 74.6 cm³/mol. The Morgan fingerprint density at radius 1 is 1.35 bits per heavy atom. The first kappa shape index (κ1) is 14.7. The van der Waals surface area contributed by atoms with Crippen LogP contribution in [-0.2, 0) is 6.54 Å². The largest absolute Gasteiger partial charge is 0.439 e. The fourth-order valence-corrected chi connectivity index (χ4v) is 2.08. The highest BCUT2D eigenvalue weighted by Crippen LogP contribution is 2.21. The monoisotopic (exact) mass is 278 g/mol. The lowest BCUT2D eigenvalue weighted by atomic mass is 10.2. The van der Waals surface area contributed by atoms with E-state index in [1.807, 2.05) is 0 Å². The van der Waals surface area contributed by atoms with Crippen LogP contribution in [0.3, 0.4) is 0 Å². The van der Waals surface area contributed by atoms with Crippen molar-refractivity contribution < 1.29 is 13.9 Å². The van der Waals surface area contributed by atoms with Gasteiger partial charge in [0.2, 0.25) is 5.89 Å². The summed E-state index contributed by atoms with van der Waals surface area (Å²) in [4.78, 5) is 6.28. The molecule has 2 aromatic rings. The third kappa shape index (κ3) is 3.88. The number of hydrogen-bond donors (Lipinski definition) is 1. The lowest BCUT2D eigenvalue weighted by Gasteiger charge is -2.18. The predicted octanol–water partition coefficient (Wildman–Crippen LogP) is 2.69. The first-order chi connectivity index (χ1) is 9.72. The van der Waals surface area contributed by atoms with Gasteiger partial charge in [-0.3, -0.25) is 4.90 Å².